The highest BCUT2D eigenvalue weighted by atomic mass is 16.6. The molecule has 78 valence electrons. The first-order valence-electron chi connectivity index (χ1n) is 5.16. The minimum absolute atomic E-state index is 0.0266. The van der Waals surface area contributed by atoms with Crippen molar-refractivity contribution in [1.82, 2.24) is 0 Å². The van der Waals surface area contributed by atoms with Crippen LogP contribution in [0.25, 0.3) is 0 Å². The van der Waals surface area contributed by atoms with Crippen molar-refractivity contribution < 1.29 is 9.84 Å². The van der Waals surface area contributed by atoms with Crippen LogP contribution >= 0.6 is 0 Å². The summed E-state index contributed by atoms with van der Waals surface area (Å²) in [6.07, 6.45) is 1.92. The van der Waals surface area contributed by atoms with E-state index in [0.29, 0.717) is 5.92 Å². The van der Waals surface area contributed by atoms with Gasteiger partial charge in [-0.25, -0.2) is 0 Å². The summed E-state index contributed by atoms with van der Waals surface area (Å²) in [7, 11) is 0. The molecule has 2 unspecified atom stereocenters. The van der Waals surface area contributed by atoms with Gasteiger partial charge in [0.15, 0.2) is 0 Å². The van der Waals surface area contributed by atoms with Crippen LogP contribution in [-0.4, -0.2) is 22.4 Å². The van der Waals surface area contributed by atoms with Crippen molar-refractivity contribution in [2.24, 2.45) is 5.92 Å². The van der Waals surface area contributed by atoms with Gasteiger partial charge in [-0.3, -0.25) is 0 Å². The number of rotatable bonds is 4. The summed E-state index contributed by atoms with van der Waals surface area (Å²) < 4.78 is 5.45. The minimum Gasteiger partial charge on any atom is -0.387 e. The molecule has 1 saturated heterocycles. The lowest BCUT2D eigenvalue weighted by atomic mass is 9.88. The lowest BCUT2D eigenvalue weighted by molar-refractivity contribution is 0.0168. The van der Waals surface area contributed by atoms with Crippen molar-refractivity contribution in [1.29, 1.82) is 0 Å². The van der Waals surface area contributed by atoms with E-state index in [4.69, 9.17) is 4.74 Å². The maximum atomic E-state index is 10.1. The third-order valence-electron chi connectivity index (χ3n) is 2.79. The molecule has 0 aromatic rings. The number of hydrogen-bond donors (Lipinski definition) is 1. The van der Waals surface area contributed by atoms with Gasteiger partial charge < -0.3 is 9.84 Å². The Labute approximate surface area is 81.3 Å². The Balaban J connectivity index is 2.39. The van der Waals surface area contributed by atoms with Crippen molar-refractivity contribution in [2.45, 2.75) is 64.8 Å². The van der Waals surface area contributed by atoms with Gasteiger partial charge in [0.1, 0.15) is 6.10 Å². The molecular weight excluding hydrogens is 164 g/mol. The largest absolute Gasteiger partial charge is 0.387 e. The van der Waals surface area contributed by atoms with Crippen molar-refractivity contribution in [3.8, 4) is 0 Å². The fourth-order valence-corrected chi connectivity index (χ4v) is 1.86. The van der Waals surface area contributed by atoms with Crippen LogP contribution in [0.4, 0.5) is 0 Å². The van der Waals surface area contributed by atoms with E-state index >= 15 is 0 Å². The first-order valence-corrected chi connectivity index (χ1v) is 5.16. The average molecular weight is 186 g/mol. The third kappa shape index (κ3) is 2.68. The second-order valence-electron chi connectivity index (χ2n) is 5.39. The Morgan fingerprint density at radius 1 is 1.46 bits per heavy atom. The smallest absolute Gasteiger partial charge is 0.115 e. The average Bonchev–Trinajstić information content (AvgIpc) is 2.57. The summed E-state index contributed by atoms with van der Waals surface area (Å²) in [5.74, 6) is 0.647. The summed E-state index contributed by atoms with van der Waals surface area (Å²) in [5.41, 5.74) is -0.756. The fraction of sp³-hybridized carbons (Fsp3) is 1.00. The number of aliphatic hydroxyl groups is 1. The molecular formula is C11H22O2. The predicted molar refractivity (Wildman–Crippen MR) is 53.6 cm³/mol. The molecule has 2 atom stereocenters. The Morgan fingerprint density at radius 2 is 1.92 bits per heavy atom. The molecule has 2 heteroatoms. The SMILES string of the molecule is CC(C)CCC(C)(O)C1OC1(C)C. The number of hydrogen-bond acceptors (Lipinski definition) is 2. The Bertz CT molecular complexity index is 183. The first-order chi connectivity index (χ1) is 5.76. The molecule has 0 aliphatic carbocycles. The highest BCUT2D eigenvalue weighted by Crippen LogP contribution is 2.44. The van der Waals surface area contributed by atoms with Gasteiger partial charge in [-0.2, -0.15) is 0 Å². The second kappa shape index (κ2) is 3.25. The topological polar surface area (TPSA) is 32.8 Å². The summed E-state index contributed by atoms with van der Waals surface area (Å²) in [6.45, 7) is 10.3. The quantitative estimate of drug-likeness (QED) is 0.684. The summed E-state index contributed by atoms with van der Waals surface area (Å²) in [5, 5.41) is 10.1. The van der Waals surface area contributed by atoms with Crippen LogP contribution in [0.2, 0.25) is 0 Å². The molecule has 0 bridgehead atoms. The van der Waals surface area contributed by atoms with E-state index in [1.807, 2.05) is 20.8 Å². The lowest BCUT2D eigenvalue weighted by Gasteiger charge is -2.22. The highest BCUT2D eigenvalue weighted by molar-refractivity contribution is 5.05. The van der Waals surface area contributed by atoms with Gasteiger partial charge in [-0.05, 0) is 39.5 Å². The lowest BCUT2D eigenvalue weighted by Crippen LogP contribution is -2.34. The molecule has 1 aliphatic heterocycles. The van der Waals surface area contributed by atoms with Crippen molar-refractivity contribution in [3.05, 3.63) is 0 Å². The third-order valence-corrected chi connectivity index (χ3v) is 2.79. The van der Waals surface area contributed by atoms with E-state index in [9.17, 15) is 5.11 Å². The Kier molecular flexibility index (Phi) is 2.75. The Hall–Kier alpha value is -0.0800. The van der Waals surface area contributed by atoms with E-state index in [1.165, 1.54) is 0 Å². The molecule has 0 aromatic carbocycles. The second-order valence-corrected chi connectivity index (χ2v) is 5.39. The van der Waals surface area contributed by atoms with Crippen LogP contribution < -0.4 is 0 Å². The summed E-state index contributed by atoms with van der Waals surface area (Å²) in [6, 6.07) is 0. The van der Waals surface area contributed by atoms with Gasteiger partial charge in [-0.1, -0.05) is 13.8 Å². The standard InChI is InChI=1S/C11H22O2/c1-8(2)6-7-11(5,12)9-10(3,4)13-9/h8-9,12H,6-7H2,1-5H3. The molecule has 0 aromatic heterocycles. The fourth-order valence-electron chi connectivity index (χ4n) is 1.86. The Morgan fingerprint density at radius 3 is 2.23 bits per heavy atom. The predicted octanol–water partition coefficient (Wildman–Crippen LogP) is 2.35. The van der Waals surface area contributed by atoms with E-state index in [0.717, 1.165) is 12.8 Å². The molecule has 13 heavy (non-hydrogen) atoms. The van der Waals surface area contributed by atoms with Crippen LogP contribution in [-0.2, 0) is 4.74 Å². The minimum atomic E-state index is -0.645. The highest BCUT2D eigenvalue weighted by Gasteiger charge is 2.57. The van der Waals surface area contributed by atoms with Gasteiger partial charge in [0.05, 0.1) is 11.2 Å². The summed E-state index contributed by atoms with van der Waals surface area (Å²) in [4.78, 5) is 0. The number of epoxide rings is 1. The zero-order valence-electron chi connectivity index (χ0n) is 9.42. The van der Waals surface area contributed by atoms with Crippen LogP contribution in [0.3, 0.4) is 0 Å². The molecule has 1 heterocycles. The molecule has 1 fully saturated rings. The van der Waals surface area contributed by atoms with Crippen LogP contribution in [0.15, 0.2) is 0 Å². The van der Waals surface area contributed by atoms with Gasteiger partial charge in [0.25, 0.3) is 0 Å². The zero-order valence-corrected chi connectivity index (χ0v) is 9.42. The maximum absolute atomic E-state index is 10.1. The van der Waals surface area contributed by atoms with E-state index in [2.05, 4.69) is 13.8 Å². The van der Waals surface area contributed by atoms with E-state index < -0.39 is 5.60 Å². The van der Waals surface area contributed by atoms with E-state index in [-0.39, 0.29) is 11.7 Å². The molecule has 1 rings (SSSR count). The maximum Gasteiger partial charge on any atom is 0.115 e. The van der Waals surface area contributed by atoms with Crippen LogP contribution in [0, 0.1) is 5.92 Å². The van der Waals surface area contributed by atoms with Crippen molar-refractivity contribution in [2.75, 3.05) is 0 Å². The molecule has 2 nitrogen and oxygen atoms in total. The molecule has 0 spiro atoms. The van der Waals surface area contributed by atoms with Crippen molar-refractivity contribution >= 4 is 0 Å². The zero-order chi connectivity index (χ0) is 10.3. The van der Waals surface area contributed by atoms with E-state index in [1.54, 1.807) is 0 Å². The molecule has 0 amide bonds. The number of ether oxygens (including phenoxy) is 1. The van der Waals surface area contributed by atoms with Gasteiger partial charge in [-0.15, -0.1) is 0 Å². The van der Waals surface area contributed by atoms with Gasteiger partial charge in [0.2, 0.25) is 0 Å². The molecule has 1 N–H and O–H groups in total. The molecule has 1 aliphatic rings. The first kappa shape index (κ1) is 11.0. The summed E-state index contributed by atoms with van der Waals surface area (Å²) >= 11 is 0. The normalized spacial score (nSPS) is 30.2. The van der Waals surface area contributed by atoms with Gasteiger partial charge >= 0.3 is 0 Å². The van der Waals surface area contributed by atoms with Crippen LogP contribution in [0.1, 0.15) is 47.5 Å². The molecule has 0 radical (unpaired) electrons. The van der Waals surface area contributed by atoms with Crippen molar-refractivity contribution in [3.63, 3.8) is 0 Å². The van der Waals surface area contributed by atoms with Crippen LogP contribution in [0.5, 0.6) is 0 Å². The monoisotopic (exact) mass is 186 g/mol. The van der Waals surface area contributed by atoms with Gasteiger partial charge in [0, 0.05) is 0 Å². The molecule has 0 saturated carbocycles.